The van der Waals surface area contributed by atoms with Crippen molar-refractivity contribution >= 4 is 17.5 Å². The second kappa shape index (κ2) is 7.51. The van der Waals surface area contributed by atoms with E-state index < -0.39 is 0 Å². The van der Waals surface area contributed by atoms with Crippen LogP contribution in [0.25, 0.3) is 0 Å². The van der Waals surface area contributed by atoms with Crippen LogP contribution in [-0.4, -0.2) is 25.4 Å². The van der Waals surface area contributed by atoms with E-state index in [4.69, 9.17) is 0 Å². The van der Waals surface area contributed by atoms with Crippen LogP contribution < -0.4 is 10.2 Å². The second-order valence-corrected chi connectivity index (χ2v) is 6.62. The van der Waals surface area contributed by atoms with Crippen molar-refractivity contribution in [2.75, 3.05) is 18.5 Å². The molecule has 0 bridgehead atoms. The van der Waals surface area contributed by atoms with Gasteiger partial charge in [0.15, 0.2) is 0 Å². The molecule has 0 aromatic heterocycles. The van der Waals surface area contributed by atoms with Gasteiger partial charge in [-0.2, -0.15) is 0 Å². The van der Waals surface area contributed by atoms with Gasteiger partial charge in [0.2, 0.25) is 11.8 Å². The Morgan fingerprint density at radius 3 is 2.76 bits per heavy atom. The highest BCUT2D eigenvalue weighted by molar-refractivity contribution is 6.00. The lowest BCUT2D eigenvalue weighted by molar-refractivity contribution is -0.121. The van der Waals surface area contributed by atoms with Crippen LogP contribution in [0.15, 0.2) is 42.5 Å². The number of aryl methyl sites for hydroxylation is 2. The fraction of sp³-hybridized carbons (Fsp3) is 0.333. The maximum Gasteiger partial charge on any atom is 0.231 e. The summed E-state index contributed by atoms with van der Waals surface area (Å²) in [6.07, 6.45) is 2.53. The van der Waals surface area contributed by atoms with Crippen LogP contribution in [0.2, 0.25) is 0 Å². The van der Waals surface area contributed by atoms with E-state index in [1.165, 1.54) is 11.1 Å². The molecule has 2 amide bonds. The molecule has 3 rings (SSSR count). The number of likely N-dealkylation sites (N-methyl/N-ethyl adjacent to an activating group) is 1. The largest absolute Gasteiger partial charge is 0.356 e. The third-order valence-electron chi connectivity index (χ3n) is 4.84. The third kappa shape index (κ3) is 4.08. The lowest BCUT2D eigenvalue weighted by atomic mass is 10.0. The Labute approximate surface area is 148 Å². The minimum Gasteiger partial charge on any atom is -0.356 e. The number of fused-ring (bicyclic) bond motifs is 1. The van der Waals surface area contributed by atoms with Crippen LogP contribution in [0.4, 0.5) is 5.69 Å². The molecule has 130 valence electrons. The van der Waals surface area contributed by atoms with Crippen molar-refractivity contribution in [3.8, 4) is 0 Å². The van der Waals surface area contributed by atoms with Gasteiger partial charge in [0.1, 0.15) is 0 Å². The number of anilines is 1. The summed E-state index contributed by atoms with van der Waals surface area (Å²) in [6.45, 7) is 2.69. The SMILES string of the molecule is Cc1ccccc1CCC(=O)NCCc1ccc2c(c1)CC(=O)N2C. The number of benzene rings is 2. The Bertz CT molecular complexity index is 798. The zero-order valence-electron chi connectivity index (χ0n) is 14.8. The van der Waals surface area contributed by atoms with Gasteiger partial charge in [-0.15, -0.1) is 0 Å². The first-order valence-corrected chi connectivity index (χ1v) is 8.74. The molecule has 0 aliphatic carbocycles. The molecule has 4 nitrogen and oxygen atoms in total. The maximum atomic E-state index is 12.0. The number of nitrogens with zero attached hydrogens (tertiary/aromatic N) is 1. The molecular weight excluding hydrogens is 312 g/mol. The van der Waals surface area contributed by atoms with Crippen molar-refractivity contribution in [3.63, 3.8) is 0 Å². The van der Waals surface area contributed by atoms with Crippen molar-refractivity contribution in [2.24, 2.45) is 0 Å². The first kappa shape index (κ1) is 17.2. The summed E-state index contributed by atoms with van der Waals surface area (Å²) >= 11 is 0. The molecule has 1 N–H and O–H groups in total. The predicted molar refractivity (Wildman–Crippen MR) is 99.8 cm³/mol. The number of hydrogen-bond acceptors (Lipinski definition) is 2. The molecule has 2 aromatic carbocycles. The zero-order valence-corrected chi connectivity index (χ0v) is 14.8. The Kier molecular flexibility index (Phi) is 5.17. The van der Waals surface area contributed by atoms with E-state index in [0.29, 0.717) is 19.4 Å². The minimum absolute atomic E-state index is 0.0827. The summed E-state index contributed by atoms with van der Waals surface area (Å²) in [7, 11) is 1.81. The molecule has 1 heterocycles. The Balaban J connectivity index is 1.45. The van der Waals surface area contributed by atoms with Crippen LogP contribution in [0.3, 0.4) is 0 Å². The molecule has 0 atom stereocenters. The van der Waals surface area contributed by atoms with Gasteiger partial charge in [0.05, 0.1) is 6.42 Å². The monoisotopic (exact) mass is 336 g/mol. The molecule has 0 unspecified atom stereocenters. The molecule has 2 aromatic rings. The molecule has 0 spiro atoms. The molecule has 0 fully saturated rings. The zero-order chi connectivity index (χ0) is 17.8. The average molecular weight is 336 g/mol. The topological polar surface area (TPSA) is 49.4 Å². The lowest BCUT2D eigenvalue weighted by Gasteiger charge is -2.11. The molecular formula is C21H24N2O2. The van der Waals surface area contributed by atoms with Crippen molar-refractivity contribution in [1.82, 2.24) is 5.32 Å². The highest BCUT2D eigenvalue weighted by Crippen LogP contribution is 2.28. The summed E-state index contributed by atoms with van der Waals surface area (Å²) in [5, 5.41) is 2.99. The number of amides is 2. The van der Waals surface area contributed by atoms with Gasteiger partial charge in [0.25, 0.3) is 0 Å². The molecule has 1 aliphatic rings. The number of nitrogens with one attached hydrogen (secondary N) is 1. The number of carbonyl (C=O) groups excluding carboxylic acids is 2. The third-order valence-corrected chi connectivity index (χ3v) is 4.84. The van der Waals surface area contributed by atoms with Gasteiger partial charge >= 0.3 is 0 Å². The van der Waals surface area contributed by atoms with E-state index in [1.54, 1.807) is 4.90 Å². The standard InChI is InChI=1S/C21H24N2O2/c1-15-5-3-4-6-17(15)8-10-20(24)22-12-11-16-7-9-19-18(13-16)14-21(25)23(19)2/h3-7,9,13H,8,10-12,14H2,1-2H3,(H,22,24). The van der Waals surface area contributed by atoms with Crippen LogP contribution in [-0.2, 0) is 28.9 Å². The van der Waals surface area contributed by atoms with Gasteiger partial charge in [0, 0.05) is 25.7 Å². The first-order chi connectivity index (χ1) is 12.0. The Morgan fingerprint density at radius 2 is 1.96 bits per heavy atom. The number of rotatable bonds is 6. The smallest absolute Gasteiger partial charge is 0.231 e. The van der Waals surface area contributed by atoms with Crippen LogP contribution >= 0.6 is 0 Å². The van der Waals surface area contributed by atoms with E-state index in [-0.39, 0.29) is 11.8 Å². The van der Waals surface area contributed by atoms with Gasteiger partial charge in [-0.05, 0) is 48.1 Å². The van der Waals surface area contributed by atoms with Gasteiger partial charge in [-0.25, -0.2) is 0 Å². The Hall–Kier alpha value is -2.62. The van der Waals surface area contributed by atoms with Crippen LogP contribution in [0, 0.1) is 6.92 Å². The first-order valence-electron chi connectivity index (χ1n) is 8.74. The van der Waals surface area contributed by atoms with Crippen LogP contribution in [0.1, 0.15) is 28.7 Å². The summed E-state index contributed by atoms with van der Waals surface area (Å²) < 4.78 is 0. The van der Waals surface area contributed by atoms with Crippen LogP contribution in [0.5, 0.6) is 0 Å². The number of carbonyl (C=O) groups is 2. The van der Waals surface area contributed by atoms with Crippen molar-refractivity contribution in [3.05, 3.63) is 64.7 Å². The van der Waals surface area contributed by atoms with Gasteiger partial charge in [-0.3, -0.25) is 9.59 Å². The molecule has 25 heavy (non-hydrogen) atoms. The highest BCUT2D eigenvalue weighted by atomic mass is 16.2. The van der Waals surface area contributed by atoms with E-state index in [2.05, 4.69) is 30.4 Å². The fourth-order valence-electron chi connectivity index (χ4n) is 3.25. The molecule has 4 heteroatoms. The lowest BCUT2D eigenvalue weighted by Crippen LogP contribution is -2.26. The normalized spacial score (nSPS) is 13.0. The van der Waals surface area contributed by atoms with Gasteiger partial charge < -0.3 is 10.2 Å². The molecule has 1 aliphatic heterocycles. The molecule has 0 saturated heterocycles. The number of hydrogen-bond donors (Lipinski definition) is 1. The fourth-order valence-corrected chi connectivity index (χ4v) is 3.25. The van der Waals surface area contributed by atoms with Crippen molar-refractivity contribution in [1.29, 1.82) is 0 Å². The van der Waals surface area contributed by atoms with E-state index in [0.717, 1.165) is 29.7 Å². The average Bonchev–Trinajstić information content (AvgIpc) is 2.88. The summed E-state index contributed by atoms with van der Waals surface area (Å²) in [6, 6.07) is 14.3. The quantitative estimate of drug-likeness (QED) is 0.882. The van der Waals surface area contributed by atoms with Crippen molar-refractivity contribution < 1.29 is 9.59 Å². The predicted octanol–water partition coefficient (Wildman–Crippen LogP) is 2.81. The van der Waals surface area contributed by atoms with Gasteiger partial charge in [-0.1, -0.05) is 36.4 Å². The molecule has 0 saturated carbocycles. The summed E-state index contributed by atoms with van der Waals surface area (Å²) in [5.74, 6) is 0.219. The summed E-state index contributed by atoms with van der Waals surface area (Å²) in [4.78, 5) is 25.5. The van der Waals surface area contributed by atoms with E-state index in [9.17, 15) is 9.59 Å². The summed E-state index contributed by atoms with van der Waals surface area (Å²) in [5.41, 5.74) is 5.69. The van der Waals surface area contributed by atoms with Crippen molar-refractivity contribution in [2.45, 2.75) is 32.6 Å². The Morgan fingerprint density at radius 1 is 1.16 bits per heavy atom. The maximum absolute atomic E-state index is 12.0. The van der Waals surface area contributed by atoms with E-state index >= 15 is 0 Å². The van der Waals surface area contributed by atoms with E-state index in [1.807, 2.05) is 31.3 Å². The second-order valence-electron chi connectivity index (χ2n) is 6.62. The minimum atomic E-state index is 0.0827. The highest BCUT2D eigenvalue weighted by Gasteiger charge is 2.23. The molecule has 0 radical (unpaired) electrons.